The number of rotatable bonds is 4. The molecule has 1 amide bonds. The minimum Gasteiger partial charge on any atom is -0.312 e. The van der Waals surface area contributed by atoms with Crippen LogP contribution in [0.1, 0.15) is 36.0 Å². The molecule has 22 heavy (non-hydrogen) atoms. The molecule has 0 spiro atoms. The molecule has 0 bridgehead atoms. The van der Waals surface area contributed by atoms with Gasteiger partial charge in [0.05, 0.1) is 0 Å². The quantitative estimate of drug-likeness (QED) is 0.823. The molecule has 0 atom stereocenters. The summed E-state index contributed by atoms with van der Waals surface area (Å²) in [6, 6.07) is 17.2. The zero-order chi connectivity index (χ0) is 15.4. The van der Waals surface area contributed by atoms with Gasteiger partial charge in [0.25, 0.3) is 0 Å². The van der Waals surface area contributed by atoms with Crippen LogP contribution in [0.15, 0.2) is 48.5 Å². The number of nitrogens with zero attached hydrogens (tertiary/aromatic N) is 1. The summed E-state index contributed by atoms with van der Waals surface area (Å²) in [4.78, 5) is 13.9. The largest absolute Gasteiger partial charge is 0.312 e. The molecule has 114 valence electrons. The zero-order valence-electron chi connectivity index (χ0n) is 13.2. The molecule has 0 aliphatic carbocycles. The van der Waals surface area contributed by atoms with Crippen molar-refractivity contribution in [1.29, 1.82) is 0 Å². The van der Waals surface area contributed by atoms with Crippen molar-refractivity contribution in [2.45, 2.75) is 39.0 Å². The van der Waals surface area contributed by atoms with Crippen LogP contribution in [0.2, 0.25) is 0 Å². The van der Waals surface area contributed by atoms with Gasteiger partial charge in [-0.05, 0) is 55.9 Å². The van der Waals surface area contributed by atoms with E-state index in [4.69, 9.17) is 0 Å². The van der Waals surface area contributed by atoms with Crippen molar-refractivity contribution in [3.63, 3.8) is 0 Å². The molecule has 0 radical (unpaired) electrons. The highest BCUT2D eigenvalue weighted by atomic mass is 16.2. The molecule has 2 nitrogen and oxygen atoms in total. The summed E-state index contributed by atoms with van der Waals surface area (Å²) >= 11 is 0. The Balaban J connectivity index is 1.61. The molecule has 1 aliphatic rings. The Bertz CT molecular complexity index is 628. The van der Waals surface area contributed by atoms with Gasteiger partial charge >= 0.3 is 0 Å². The Morgan fingerprint density at radius 1 is 0.864 bits per heavy atom. The van der Waals surface area contributed by atoms with Crippen molar-refractivity contribution in [1.82, 2.24) is 0 Å². The summed E-state index contributed by atoms with van der Waals surface area (Å²) in [5, 5.41) is 0. The predicted octanol–water partition coefficient (Wildman–Crippen LogP) is 4.30. The van der Waals surface area contributed by atoms with Gasteiger partial charge in [0.1, 0.15) is 0 Å². The van der Waals surface area contributed by atoms with E-state index < -0.39 is 0 Å². The number of benzene rings is 2. The van der Waals surface area contributed by atoms with E-state index in [2.05, 4.69) is 55.5 Å². The standard InChI is InChI=1S/C20H23NO/c1-16-5-7-17(8-6-16)9-10-18-11-13-19(14-12-18)21-15-3-2-4-20(21)22/h5-8,11-14H,2-4,9-10,15H2,1H3. The van der Waals surface area contributed by atoms with Crippen LogP contribution in [-0.2, 0) is 17.6 Å². The fourth-order valence-corrected chi connectivity index (χ4v) is 2.96. The number of aryl methyl sites for hydroxylation is 3. The van der Waals surface area contributed by atoms with Gasteiger partial charge in [0, 0.05) is 18.7 Å². The average Bonchev–Trinajstić information content (AvgIpc) is 2.55. The van der Waals surface area contributed by atoms with E-state index in [-0.39, 0.29) is 5.91 Å². The molecule has 0 unspecified atom stereocenters. The van der Waals surface area contributed by atoms with E-state index in [0.29, 0.717) is 6.42 Å². The van der Waals surface area contributed by atoms with Gasteiger partial charge in [-0.15, -0.1) is 0 Å². The van der Waals surface area contributed by atoms with Crippen molar-refractivity contribution in [2.75, 3.05) is 11.4 Å². The summed E-state index contributed by atoms with van der Waals surface area (Å²) < 4.78 is 0. The van der Waals surface area contributed by atoms with Gasteiger partial charge in [-0.25, -0.2) is 0 Å². The van der Waals surface area contributed by atoms with Crippen LogP contribution in [0, 0.1) is 6.92 Å². The number of hydrogen-bond acceptors (Lipinski definition) is 1. The summed E-state index contributed by atoms with van der Waals surface area (Å²) in [6.07, 6.45) is 4.93. The first-order chi connectivity index (χ1) is 10.7. The van der Waals surface area contributed by atoms with E-state index in [0.717, 1.165) is 37.9 Å². The van der Waals surface area contributed by atoms with Gasteiger partial charge in [0.15, 0.2) is 0 Å². The monoisotopic (exact) mass is 293 g/mol. The lowest BCUT2D eigenvalue weighted by Crippen LogP contribution is -2.35. The summed E-state index contributed by atoms with van der Waals surface area (Å²) in [5.74, 6) is 0.263. The molecule has 1 fully saturated rings. The molecule has 0 aromatic heterocycles. The van der Waals surface area contributed by atoms with E-state index in [1.165, 1.54) is 16.7 Å². The van der Waals surface area contributed by atoms with Crippen LogP contribution < -0.4 is 4.90 Å². The Labute approximate surface area is 132 Å². The van der Waals surface area contributed by atoms with E-state index >= 15 is 0 Å². The Morgan fingerprint density at radius 2 is 1.45 bits per heavy atom. The fraction of sp³-hybridized carbons (Fsp3) is 0.350. The van der Waals surface area contributed by atoms with E-state index in [9.17, 15) is 4.79 Å². The molecule has 1 saturated heterocycles. The lowest BCUT2D eigenvalue weighted by molar-refractivity contribution is -0.119. The predicted molar refractivity (Wildman–Crippen MR) is 91.2 cm³/mol. The second kappa shape index (κ2) is 6.78. The third-order valence-electron chi connectivity index (χ3n) is 4.39. The van der Waals surface area contributed by atoms with E-state index in [1.54, 1.807) is 0 Å². The SMILES string of the molecule is Cc1ccc(CCc2ccc(N3CCCCC3=O)cc2)cc1. The zero-order valence-corrected chi connectivity index (χ0v) is 13.2. The van der Waals surface area contributed by atoms with Crippen LogP contribution in [0.3, 0.4) is 0 Å². The van der Waals surface area contributed by atoms with Crippen molar-refractivity contribution in [3.8, 4) is 0 Å². The maximum absolute atomic E-state index is 11.9. The molecular weight excluding hydrogens is 270 g/mol. The van der Waals surface area contributed by atoms with Crippen molar-refractivity contribution in [3.05, 3.63) is 65.2 Å². The Kier molecular flexibility index (Phi) is 4.57. The lowest BCUT2D eigenvalue weighted by atomic mass is 10.0. The summed E-state index contributed by atoms with van der Waals surface area (Å²) in [5.41, 5.74) is 5.05. The molecule has 2 aromatic rings. The second-order valence-electron chi connectivity index (χ2n) is 6.15. The summed E-state index contributed by atoms with van der Waals surface area (Å²) in [6.45, 7) is 2.98. The maximum atomic E-state index is 11.9. The second-order valence-corrected chi connectivity index (χ2v) is 6.15. The normalized spacial score (nSPS) is 15.1. The highest BCUT2D eigenvalue weighted by Crippen LogP contribution is 2.21. The molecule has 3 rings (SSSR count). The van der Waals surface area contributed by atoms with Crippen LogP contribution in [0.4, 0.5) is 5.69 Å². The average molecular weight is 293 g/mol. The third-order valence-corrected chi connectivity index (χ3v) is 4.39. The topological polar surface area (TPSA) is 20.3 Å². The third kappa shape index (κ3) is 3.56. The Hall–Kier alpha value is -2.09. The molecule has 2 heteroatoms. The highest BCUT2D eigenvalue weighted by Gasteiger charge is 2.19. The van der Waals surface area contributed by atoms with Gasteiger partial charge in [-0.2, -0.15) is 0 Å². The highest BCUT2D eigenvalue weighted by molar-refractivity contribution is 5.93. The number of piperidine rings is 1. The minimum atomic E-state index is 0.263. The first-order valence-corrected chi connectivity index (χ1v) is 8.17. The van der Waals surface area contributed by atoms with Crippen molar-refractivity contribution < 1.29 is 4.79 Å². The first kappa shape index (κ1) is 14.8. The van der Waals surface area contributed by atoms with Gasteiger partial charge in [-0.1, -0.05) is 42.0 Å². The van der Waals surface area contributed by atoms with Gasteiger partial charge in [-0.3, -0.25) is 4.79 Å². The smallest absolute Gasteiger partial charge is 0.226 e. The minimum absolute atomic E-state index is 0.263. The molecule has 1 aliphatic heterocycles. The van der Waals surface area contributed by atoms with Gasteiger partial charge in [0.2, 0.25) is 5.91 Å². The number of carbonyl (C=O) groups is 1. The lowest BCUT2D eigenvalue weighted by Gasteiger charge is -2.26. The van der Waals surface area contributed by atoms with Crippen LogP contribution in [-0.4, -0.2) is 12.5 Å². The first-order valence-electron chi connectivity index (χ1n) is 8.17. The number of anilines is 1. The number of amides is 1. The summed E-state index contributed by atoms with van der Waals surface area (Å²) in [7, 11) is 0. The van der Waals surface area contributed by atoms with Crippen LogP contribution >= 0.6 is 0 Å². The molecule has 2 aromatic carbocycles. The Morgan fingerprint density at radius 3 is 2.05 bits per heavy atom. The fourth-order valence-electron chi connectivity index (χ4n) is 2.96. The number of hydrogen-bond donors (Lipinski definition) is 0. The van der Waals surface area contributed by atoms with Crippen molar-refractivity contribution >= 4 is 11.6 Å². The van der Waals surface area contributed by atoms with Crippen LogP contribution in [0.5, 0.6) is 0 Å². The van der Waals surface area contributed by atoms with Crippen molar-refractivity contribution in [2.24, 2.45) is 0 Å². The number of carbonyl (C=O) groups excluding carboxylic acids is 1. The molecular formula is C20H23NO. The molecule has 1 heterocycles. The molecule has 0 N–H and O–H groups in total. The van der Waals surface area contributed by atoms with E-state index in [1.807, 2.05) is 4.90 Å². The van der Waals surface area contributed by atoms with Gasteiger partial charge < -0.3 is 4.90 Å². The maximum Gasteiger partial charge on any atom is 0.226 e. The molecule has 0 saturated carbocycles. The van der Waals surface area contributed by atoms with Crippen LogP contribution in [0.25, 0.3) is 0 Å².